The van der Waals surface area contributed by atoms with Crippen molar-refractivity contribution in [2.24, 2.45) is 0 Å². The smallest absolute Gasteiger partial charge is 0.214 e. The van der Waals surface area contributed by atoms with Gasteiger partial charge < -0.3 is 9.47 Å². The number of anilines is 2. The monoisotopic (exact) mass is 584 g/mol. The van der Waals surface area contributed by atoms with Crippen molar-refractivity contribution < 1.29 is 20.1 Å². The van der Waals surface area contributed by atoms with E-state index in [1.54, 1.807) is 0 Å². The Morgan fingerprint density at radius 3 is 2.39 bits per heavy atom. The van der Waals surface area contributed by atoms with Gasteiger partial charge in [0.05, 0.1) is 11.2 Å². The number of benzene rings is 3. The Morgan fingerprint density at radius 1 is 0.903 bits per heavy atom. The Morgan fingerprint density at radius 2 is 1.61 bits per heavy atom. The SMILES string of the molecule is Cc1cccc(C)c1N1c2cccc3c4ccc[c-]c4n(c23)-c2nccn2C1(C)C.[Ir]. The number of rotatable bonds is 1. The second kappa shape index (κ2) is 6.81. The molecule has 0 saturated carbocycles. The molecule has 0 fully saturated rings. The summed E-state index contributed by atoms with van der Waals surface area (Å²) in [5.74, 6) is 0.920. The van der Waals surface area contributed by atoms with Crippen LogP contribution in [0.15, 0.2) is 67.0 Å². The minimum Gasteiger partial charge on any atom is -0.315 e. The van der Waals surface area contributed by atoms with Gasteiger partial charge in [0.1, 0.15) is 5.66 Å². The molecule has 0 bridgehead atoms. The van der Waals surface area contributed by atoms with Gasteiger partial charge in [-0.25, -0.2) is 4.98 Å². The van der Waals surface area contributed by atoms with Crippen LogP contribution in [0.3, 0.4) is 0 Å². The molecule has 0 spiro atoms. The number of nitrogens with zero attached hydrogens (tertiary/aromatic N) is 4. The Hall–Kier alpha value is -2.88. The first-order valence-corrected chi connectivity index (χ1v) is 10.3. The molecule has 1 radical (unpaired) electrons. The fraction of sp³-hybridized carbons (Fsp3) is 0.192. The third-order valence-electron chi connectivity index (χ3n) is 6.45. The Bertz CT molecular complexity index is 1440. The van der Waals surface area contributed by atoms with E-state index < -0.39 is 0 Å². The second-order valence-electron chi connectivity index (χ2n) is 8.61. The molecule has 3 heterocycles. The Balaban J connectivity index is 0.00000204. The third-order valence-corrected chi connectivity index (χ3v) is 6.45. The summed E-state index contributed by atoms with van der Waals surface area (Å²) in [5.41, 5.74) is 6.83. The molecular weight excluding hydrogens is 561 g/mol. The van der Waals surface area contributed by atoms with Gasteiger partial charge in [0.15, 0.2) is 0 Å². The van der Waals surface area contributed by atoms with E-state index in [1.165, 1.54) is 38.8 Å². The number of aromatic nitrogens is 3. The van der Waals surface area contributed by atoms with Gasteiger partial charge in [-0.3, -0.25) is 4.57 Å². The molecule has 6 rings (SSSR count). The molecule has 4 nitrogen and oxygen atoms in total. The number of hydrogen-bond acceptors (Lipinski definition) is 2. The molecule has 0 N–H and O–H groups in total. The summed E-state index contributed by atoms with van der Waals surface area (Å²) in [6, 6.07) is 22.8. The predicted molar refractivity (Wildman–Crippen MR) is 123 cm³/mol. The zero-order chi connectivity index (χ0) is 20.6. The van der Waals surface area contributed by atoms with Crippen molar-refractivity contribution in [2.45, 2.75) is 33.4 Å². The molecule has 5 aromatic rings. The maximum absolute atomic E-state index is 4.81. The maximum atomic E-state index is 4.81. The molecule has 2 aromatic heterocycles. The second-order valence-corrected chi connectivity index (χ2v) is 8.61. The predicted octanol–water partition coefficient (Wildman–Crippen LogP) is 6.24. The van der Waals surface area contributed by atoms with E-state index in [9.17, 15) is 0 Å². The molecule has 1 aliphatic rings. The van der Waals surface area contributed by atoms with Crippen LogP contribution in [-0.2, 0) is 25.8 Å². The van der Waals surface area contributed by atoms with Crippen molar-refractivity contribution in [1.82, 2.24) is 14.1 Å². The zero-order valence-electron chi connectivity index (χ0n) is 18.0. The summed E-state index contributed by atoms with van der Waals surface area (Å²) in [6.07, 6.45) is 3.98. The van der Waals surface area contributed by atoms with Crippen LogP contribution in [0.1, 0.15) is 25.0 Å². The fourth-order valence-electron chi connectivity index (χ4n) is 5.15. The van der Waals surface area contributed by atoms with Crippen molar-refractivity contribution in [2.75, 3.05) is 4.90 Å². The molecule has 0 saturated heterocycles. The molecule has 0 amide bonds. The first-order chi connectivity index (χ1) is 14.5. The van der Waals surface area contributed by atoms with Gasteiger partial charge in [-0.2, -0.15) is 24.3 Å². The number of fused-ring (bicyclic) bond motifs is 5. The van der Waals surface area contributed by atoms with Crippen LogP contribution in [0.2, 0.25) is 0 Å². The van der Waals surface area contributed by atoms with E-state index in [2.05, 4.69) is 103 Å². The van der Waals surface area contributed by atoms with Gasteiger partial charge >= 0.3 is 0 Å². The van der Waals surface area contributed by atoms with E-state index in [4.69, 9.17) is 4.98 Å². The normalized spacial score (nSPS) is 14.4. The number of aryl methyl sites for hydroxylation is 2. The van der Waals surface area contributed by atoms with Crippen LogP contribution < -0.4 is 4.90 Å². The summed E-state index contributed by atoms with van der Waals surface area (Å²) < 4.78 is 4.55. The molecule has 31 heavy (non-hydrogen) atoms. The van der Waals surface area contributed by atoms with E-state index >= 15 is 0 Å². The first-order valence-electron chi connectivity index (χ1n) is 10.3. The summed E-state index contributed by atoms with van der Waals surface area (Å²) in [5, 5.41) is 2.42. The van der Waals surface area contributed by atoms with Crippen molar-refractivity contribution in [3.05, 3.63) is 84.2 Å². The number of para-hydroxylation sites is 3. The number of hydrogen-bond donors (Lipinski definition) is 0. The minimum absolute atomic E-state index is 0. The van der Waals surface area contributed by atoms with E-state index in [-0.39, 0.29) is 25.8 Å². The molecule has 0 aliphatic carbocycles. The molecule has 157 valence electrons. The van der Waals surface area contributed by atoms with Crippen molar-refractivity contribution in [3.63, 3.8) is 0 Å². The van der Waals surface area contributed by atoms with Crippen LogP contribution in [-0.4, -0.2) is 14.1 Å². The van der Waals surface area contributed by atoms with Gasteiger partial charge in [-0.1, -0.05) is 35.8 Å². The van der Waals surface area contributed by atoms with Crippen LogP contribution >= 0.6 is 0 Å². The maximum Gasteiger partial charge on any atom is 0.214 e. The topological polar surface area (TPSA) is 26.0 Å². The fourth-order valence-corrected chi connectivity index (χ4v) is 5.15. The van der Waals surface area contributed by atoms with Gasteiger partial charge in [0.2, 0.25) is 5.95 Å². The summed E-state index contributed by atoms with van der Waals surface area (Å²) in [7, 11) is 0. The van der Waals surface area contributed by atoms with Crippen LogP contribution in [0.25, 0.3) is 27.8 Å². The average Bonchev–Trinajstić information content (AvgIpc) is 3.32. The van der Waals surface area contributed by atoms with E-state index in [0.29, 0.717) is 0 Å². The minimum atomic E-state index is -0.364. The summed E-state index contributed by atoms with van der Waals surface area (Å²) in [6.45, 7) is 8.92. The quantitative estimate of drug-likeness (QED) is 0.219. The first kappa shape index (κ1) is 20.0. The molecular formula is C26H23IrN4-. The Labute approximate surface area is 195 Å². The number of imidazole rings is 1. The van der Waals surface area contributed by atoms with E-state index in [1.807, 2.05) is 12.3 Å². The molecule has 1 aliphatic heterocycles. The van der Waals surface area contributed by atoms with Crippen LogP contribution in [0, 0.1) is 19.9 Å². The largest absolute Gasteiger partial charge is 0.315 e. The van der Waals surface area contributed by atoms with Crippen molar-refractivity contribution >= 4 is 33.2 Å². The van der Waals surface area contributed by atoms with Gasteiger partial charge in [-0.05, 0) is 50.3 Å². The summed E-state index contributed by atoms with van der Waals surface area (Å²) >= 11 is 0. The third kappa shape index (κ3) is 2.54. The average molecular weight is 584 g/mol. The Kier molecular flexibility index (Phi) is 4.40. The zero-order valence-corrected chi connectivity index (χ0v) is 20.4. The van der Waals surface area contributed by atoms with E-state index in [0.717, 1.165) is 11.5 Å². The van der Waals surface area contributed by atoms with Gasteiger partial charge in [0.25, 0.3) is 0 Å². The van der Waals surface area contributed by atoms with Crippen LogP contribution in [0.4, 0.5) is 11.4 Å². The molecule has 5 heteroatoms. The molecule has 0 atom stereocenters. The summed E-state index contributed by atoms with van der Waals surface area (Å²) in [4.78, 5) is 7.29. The molecule has 3 aromatic carbocycles. The standard InChI is InChI=1S/C26H23N4.Ir/c1-17-9-7-10-18(2)23(17)30-22-14-8-12-20-19-11-5-6-13-21(19)29(24(20)22)25-27-15-16-28(25)26(30,3)4;/h5-12,14-16H,1-4H3;/q-1;. The van der Waals surface area contributed by atoms with Gasteiger partial charge in [0, 0.05) is 38.2 Å². The molecule has 0 unspecified atom stereocenters. The van der Waals surface area contributed by atoms with Crippen LogP contribution in [0.5, 0.6) is 0 Å². The van der Waals surface area contributed by atoms with Gasteiger partial charge in [-0.15, -0.1) is 5.39 Å². The van der Waals surface area contributed by atoms with Crippen molar-refractivity contribution in [3.8, 4) is 5.95 Å². The van der Waals surface area contributed by atoms with Crippen molar-refractivity contribution in [1.29, 1.82) is 0 Å².